The second-order valence-corrected chi connectivity index (χ2v) is 9.65. The Bertz CT molecular complexity index is 767. The third kappa shape index (κ3) is 3.55. The molecule has 0 unspecified atom stereocenters. The summed E-state index contributed by atoms with van der Waals surface area (Å²) in [4.78, 5) is 26.9. The van der Waals surface area contributed by atoms with Crippen LogP contribution in [0, 0.1) is 11.3 Å². The van der Waals surface area contributed by atoms with Crippen LogP contribution in [0.4, 0.5) is 0 Å². The molecule has 1 aliphatic heterocycles. The van der Waals surface area contributed by atoms with Crippen molar-refractivity contribution in [3.05, 3.63) is 18.0 Å². The highest BCUT2D eigenvalue weighted by atomic mass is 16.5. The van der Waals surface area contributed by atoms with Gasteiger partial charge in [-0.2, -0.15) is 5.10 Å². The number of amides is 2. The SMILES string of the molecule is CN1C(=O)[C@H](O)[C@H](C(=O)N[C@@H]2C[C@H](OC(C)(C)C)C2(C)C)[C@H]1c1cnn(C)c1. The minimum absolute atomic E-state index is 0.0460. The molecule has 2 N–H and O–H groups in total. The van der Waals surface area contributed by atoms with Crippen LogP contribution in [0.1, 0.15) is 52.6 Å². The Balaban J connectivity index is 1.75. The largest absolute Gasteiger partial charge is 0.382 e. The Kier molecular flexibility index (Phi) is 5.08. The van der Waals surface area contributed by atoms with E-state index in [-0.39, 0.29) is 29.1 Å². The zero-order valence-corrected chi connectivity index (χ0v) is 17.8. The van der Waals surface area contributed by atoms with E-state index >= 15 is 0 Å². The third-order valence-corrected chi connectivity index (χ3v) is 6.06. The van der Waals surface area contributed by atoms with Gasteiger partial charge >= 0.3 is 0 Å². The molecule has 0 bridgehead atoms. The van der Waals surface area contributed by atoms with Gasteiger partial charge in [0.15, 0.2) is 0 Å². The van der Waals surface area contributed by atoms with Crippen LogP contribution in [0.5, 0.6) is 0 Å². The van der Waals surface area contributed by atoms with Crippen LogP contribution < -0.4 is 5.32 Å². The first-order valence-corrected chi connectivity index (χ1v) is 9.74. The van der Waals surface area contributed by atoms with Crippen molar-refractivity contribution in [2.45, 2.75) is 70.9 Å². The smallest absolute Gasteiger partial charge is 0.252 e. The predicted molar refractivity (Wildman–Crippen MR) is 103 cm³/mol. The van der Waals surface area contributed by atoms with Crippen molar-refractivity contribution in [2.24, 2.45) is 18.4 Å². The summed E-state index contributed by atoms with van der Waals surface area (Å²) >= 11 is 0. The molecule has 1 saturated heterocycles. The zero-order valence-electron chi connectivity index (χ0n) is 17.8. The van der Waals surface area contributed by atoms with Crippen molar-refractivity contribution in [1.82, 2.24) is 20.0 Å². The fourth-order valence-corrected chi connectivity index (χ4v) is 4.25. The van der Waals surface area contributed by atoms with Crippen molar-refractivity contribution in [3.63, 3.8) is 0 Å². The maximum atomic E-state index is 13.1. The average molecular weight is 393 g/mol. The van der Waals surface area contributed by atoms with Gasteiger partial charge in [-0.3, -0.25) is 14.3 Å². The normalized spacial score (nSPS) is 32.4. The lowest BCUT2D eigenvalue weighted by Gasteiger charge is -2.53. The van der Waals surface area contributed by atoms with E-state index in [0.717, 1.165) is 5.56 Å². The summed E-state index contributed by atoms with van der Waals surface area (Å²) in [5.74, 6) is -1.64. The molecule has 1 aromatic rings. The summed E-state index contributed by atoms with van der Waals surface area (Å²) in [5.41, 5.74) is 0.252. The van der Waals surface area contributed by atoms with Gasteiger partial charge in [0.2, 0.25) is 5.91 Å². The highest BCUT2D eigenvalue weighted by Gasteiger charge is 2.54. The summed E-state index contributed by atoms with van der Waals surface area (Å²) in [7, 11) is 3.38. The Labute approximate surface area is 166 Å². The highest BCUT2D eigenvalue weighted by molar-refractivity contribution is 5.93. The summed E-state index contributed by atoms with van der Waals surface area (Å²) in [6.07, 6.45) is 2.80. The second kappa shape index (κ2) is 6.84. The van der Waals surface area contributed by atoms with Gasteiger partial charge in [-0.25, -0.2) is 0 Å². The molecule has 28 heavy (non-hydrogen) atoms. The molecule has 1 aliphatic carbocycles. The number of aliphatic hydroxyl groups is 1. The Morgan fingerprint density at radius 3 is 2.50 bits per heavy atom. The molecule has 1 saturated carbocycles. The van der Waals surface area contributed by atoms with Gasteiger partial charge in [-0.05, 0) is 27.2 Å². The van der Waals surface area contributed by atoms with Gasteiger partial charge in [-0.1, -0.05) is 13.8 Å². The van der Waals surface area contributed by atoms with Crippen LogP contribution in [-0.2, 0) is 21.4 Å². The summed E-state index contributed by atoms with van der Waals surface area (Å²) < 4.78 is 7.72. The maximum absolute atomic E-state index is 13.1. The van der Waals surface area contributed by atoms with Crippen molar-refractivity contribution in [2.75, 3.05) is 7.05 Å². The van der Waals surface area contributed by atoms with Crippen LogP contribution in [0.3, 0.4) is 0 Å². The van der Waals surface area contributed by atoms with Crippen molar-refractivity contribution < 1.29 is 19.4 Å². The number of rotatable bonds is 4. The molecule has 0 aromatic carbocycles. The molecule has 5 atom stereocenters. The molecule has 0 spiro atoms. The predicted octanol–water partition coefficient (Wildman–Crippen LogP) is 1.01. The fourth-order valence-electron chi connectivity index (χ4n) is 4.25. The summed E-state index contributed by atoms with van der Waals surface area (Å²) in [6, 6.07) is -0.615. The zero-order chi connectivity index (χ0) is 21.0. The van der Waals surface area contributed by atoms with E-state index in [4.69, 9.17) is 4.74 Å². The Morgan fingerprint density at radius 1 is 1.36 bits per heavy atom. The number of aryl methyl sites for hydroxylation is 1. The first-order valence-electron chi connectivity index (χ1n) is 9.74. The number of hydrogen-bond acceptors (Lipinski definition) is 5. The standard InChI is InChI=1S/C20H32N4O4/c1-19(2,3)28-13-8-12(20(13,4)5)22-17(26)14-15(11-9-21-23(6)10-11)24(7)18(27)16(14)25/h9-10,12-16,25H,8H2,1-7H3,(H,22,26)/t12-,13+,14-,15-,16-/m1/s1. The van der Waals surface area contributed by atoms with Crippen molar-refractivity contribution >= 4 is 11.8 Å². The number of nitrogens with one attached hydrogen (secondary N) is 1. The minimum atomic E-state index is -1.36. The molecule has 156 valence electrons. The lowest BCUT2D eigenvalue weighted by Crippen LogP contribution is -2.64. The number of likely N-dealkylation sites (N-methyl/N-ethyl adjacent to an activating group) is 1. The topological polar surface area (TPSA) is 96.7 Å². The molecule has 0 radical (unpaired) electrons. The average Bonchev–Trinajstić information content (AvgIpc) is 3.09. The molecule has 1 aromatic heterocycles. The van der Waals surface area contributed by atoms with Crippen molar-refractivity contribution in [1.29, 1.82) is 0 Å². The maximum Gasteiger partial charge on any atom is 0.252 e. The Morgan fingerprint density at radius 2 is 2.00 bits per heavy atom. The van der Waals surface area contributed by atoms with Gasteiger partial charge in [0.1, 0.15) is 6.10 Å². The lowest BCUT2D eigenvalue weighted by molar-refractivity contribution is -0.176. The van der Waals surface area contributed by atoms with Gasteiger partial charge in [0.05, 0.1) is 29.9 Å². The number of ether oxygens (including phenoxy) is 1. The number of aliphatic hydroxyl groups excluding tert-OH is 1. The van der Waals surface area contributed by atoms with E-state index < -0.39 is 24.0 Å². The highest BCUT2D eigenvalue weighted by Crippen LogP contribution is 2.45. The van der Waals surface area contributed by atoms with E-state index in [9.17, 15) is 14.7 Å². The molecule has 2 amide bonds. The fraction of sp³-hybridized carbons (Fsp3) is 0.750. The molecule has 3 rings (SSSR count). The van der Waals surface area contributed by atoms with Crippen LogP contribution in [0.15, 0.2) is 12.4 Å². The summed E-state index contributed by atoms with van der Waals surface area (Å²) in [6.45, 7) is 10.2. The monoisotopic (exact) mass is 392 g/mol. The number of hydrogen-bond donors (Lipinski definition) is 2. The van der Waals surface area contributed by atoms with Gasteiger partial charge in [-0.15, -0.1) is 0 Å². The van der Waals surface area contributed by atoms with Crippen LogP contribution in [-0.4, -0.2) is 62.5 Å². The van der Waals surface area contributed by atoms with Gasteiger partial charge in [0.25, 0.3) is 5.91 Å². The first kappa shape index (κ1) is 20.8. The summed E-state index contributed by atoms with van der Waals surface area (Å²) in [5, 5.41) is 17.7. The van der Waals surface area contributed by atoms with Gasteiger partial charge < -0.3 is 20.1 Å². The molecular formula is C20H32N4O4. The number of aromatic nitrogens is 2. The van der Waals surface area contributed by atoms with E-state index in [0.29, 0.717) is 6.42 Å². The number of nitrogens with zero attached hydrogens (tertiary/aromatic N) is 3. The minimum Gasteiger partial charge on any atom is -0.382 e. The van der Waals surface area contributed by atoms with Crippen LogP contribution >= 0.6 is 0 Å². The third-order valence-electron chi connectivity index (χ3n) is 6.06. The van der Waals surface area contributed by atoms with Gasteiger partial charge in [0, 0.05) is 37.3 Å². The molecule has 2 aliphatic rings. The quantitative estimate of drug-likeness (QED) is 0.797. The molecule has 8 nitrogen and oxygen atoms in total. The number of likely N-dealkylation sites (tertiary alicyclic amines) is 1. The lowest BCUT2D eigenvalue weighted by atomic mass is 9.64. The van der Waals surface area contributed by atoms with Crippen LogP contribution in [0.25, 0.3) is 0 Å². The van der Waals surface area contributed by atoms with Crippen molar-refractivity contribution in [3.8, 4) is 0 Å². The van der Waals surface area contributed by atoms with Crippen LogP contribution in [0.2, 0.25) is 0 Å². The van der Waals surface area contributed by atoms with E-state index in [1.807, 2.05) is 20.8 Å². The molecule has 2 fully saturated rings. The molecular weight excluding hydrogens is 360 g/mol. The Hall–Kier alpha value is -1.93. The molecule has 2 heterocycles. The second-order valence-electron chi connectivity index (χ2n) is 9.65. The van der Waals surface area contributed by atoms with E-state index in [1.54, 1.807) is 31.2 Å². The first-order chi connectivity index (χ1) is 12.8. The number of carbonyl (C=O) groups excluding carboxylic acids is 2. The van der Waals surface area contributed by atoms with E-state index in [2.05, 4.69) is 24.3 Å². The molecule has 8 heteroatoms. The number of carbonyl (C=O) groups is 2. The van der Waals surface area contributed by atoms with E-state index in [1.165, 1.54) is 4.90 Å².